The Labute approximate surface area is 285 Å². The highest BCUT2D eigenvalue weighted by Crippen LogP contribution is 2.44. The number of carbonyl (C=O) groups excluding carboxylic acids is 1. The first-order valence-corrected chi connectivity index (χ1v) is 16.3. The van der Waals surface area contributed by atoms with Gasteiger partial charge in [0.2, 0.25) is 0 Å². The van der Waals surface area contributed by atoms with Crippen LogP contribution in [0, 0.1) is 0 Å². The van der Waals surface area contributed by atoms with Crippen molar-refractivity contribution in [1.82, 2.24) is 0 Å². The lowest BCUT2D eigenvalue weighted by atomic mass is 10.1. The summed E-state index contributed by atoms with van der Waals surface area (Å²) in [5.74, 6) is -2.72. The van der Waals surface area contributed by atoms with Gasteiger partial charge in [-0.1, -0.05) is 48.5 Å². The molecule has 3 aromatic carbocycles. The number of ether oxygens (including phenoxy) is 4. The van der Waals surface area contributed by atoms with E-state index in [0.29, 0.717) is 17.9 Å². The van der Waals surface area contributed by atoms with E-state index in [1.165, 1.54) is 0 Å². The zero-order valence-electron chi connectivity index (χ0n) is 26.7. The Bertz CT molecular complexity index is 1560. The number of aliphatic carboxylic acids is 2. The average Bonchev–Trinajstić information content (AvgIpc) is 3.07. The second kappa shape index (κ2) is 20.9. The van der Waals surface area contributed by atoms with E-state index in [2.05, 4.69) is 4.52 Å². The van der Waals surface area contributed by atoms with Crippen molar-refractivity contribution in [3.05, 3.63) is 90.0 Å². The molecule has 0 heterocycles. The number of halogens is 3. The number of esters is 1. The number of hydrogen-bond acceptors (Lipinski definition) is 11. The molecule has 0 aliphatic carbocycles. The molecule has 274 valence electrons. The third-order valence-corrected chi connectivity index (χ3v) is 7.08. The zero-order chi connectivity index (χ0) is 37.2. The molecule has 0 radical (unpaired) electrons. The predicted molar refractivity (Wildman–Crippen MR) is 169 cm³/mol. The number of hydrogen-bond donors (Lipinski definition) is 4. The Morgan fingerprint density at radius 2 is 1.54 bits per heavy atom. The van der Waals surface area contributed by atoms with Crippen LogP contribution in [0.1, 0.15) is 24.5 Å². The van der Waals surface area contributed by atoms with Crippen LogP contribution in [0.25, 0.3) is 0 Å². The Kier molecular flexibility index (Phi) is 17.4. The Balaban J connectivity index is 0.00000112. The van der Waals surface area contributed by atoms with Gasteiger partial charge in [0.15, 0.2) is 0 Å². The fraction of sp³-hybridized carbons (Fsp3) is 0.344. The summed E-state index contributed by atoms with van der Waals surface area (Å²) < 4.78 is 76.1. The summed E-state index contributed by atoms with van der Waals surface area (Å²) in [6.45, 7) is 0.950. The third-order valence-electron chi connectivity index (χ3n) is 6.04. The number of rotatable bonds is 19. The van der Waals surface area contributed by atoms with E-state index in [1.54, 1.807) is 6.92 Å². The highest BCUT2D eigenvalue weighted by atomic mass is 31.2. The molecule has 0 aromatic heterocycles. The number of benzene rings is 3. The van der Waals surface area contributed by atoms with Crippen molar-refractivity contribution in [2.75, 3.05) is 26.4 Å². The van der Waals surface area contributed by atoms with E-state index in [9.17, 15) is 32.2 Å². The number of aryl methyl sites for hydroxylation is 1. The number of carbonyl (C=O) groups is 3. The van der Waals surface area contributed by atoms with Gasteiger partial charge in [0.05, 0.1) is 13.2 Å². The molecule has 0 aliphatic heterocycles. The second-order valence-electron chi connectivity index (χ2n) is 10.0. The second-order valence-corrected chi connectivity index (χ2v) is 11.4. The van der Waals surface area contributed by atoms with E-state index in [4.69, 9.17) is 44.2 Å². The summed E-state index contributed by atoms with van der Waals surface area (Å²) in [6, 6.07) is 22.8. The molecular formula is C32H37F3NO13P. The molecule has 3 rings (SSSR count). The molecule has 5 N–H and O–H groups in total. The third kappa shape index (κ3) is 16.7. The van der Waals surface area contributed by atoms with Crippen LogP contribution in [-0.4, -0.2) is 77.8 Å². The number of alkyl halides is 3. The molecule has 0 bridgehead atoms. The van der Waals surface area contributed by atoms with Crippen LogP contribution >= 0.6 is 7.82 Å². The van der Waals surface area contributed by atoms with Crippen molar-refractivity contribution < 1.29 is 75.2 Å². The highest BCUT2D eigenvalue weighted by molar-refractivity contribution is 7.47. The number of carboxylic acid groups (broad SMARTS) is 2. The standard InChI is InChI=1S/C30H36NO11P.C2HF3O2/c1-2-37-19-26(42-43(35,36)40-21-27(31)30(33)34)20-39-29(32)16-15-23-10-6-7-14-28(23)38-18-22-9-8-13-25(17-22)41-24-11-4-3-5-12-24;3-2(4,5)1(6)7/h3-14,17,26-27H,2,15-16,18-21,31H2,1H3,(H,33,34)(H,35,36);(H,6,7)/t26-,27+;/m1./s1. The largest absolute Gasteiger partial charge is 0.490 e. The number of phosphoric acid groups is 1. The van der Waals surface area contributed by atoms with Gasteiger partial charge in [-0.2, -0.15) is 13.2 Å². The SMILES string of the molecule is CCOC[C@H](COC(=O)CCc1ccccc1OCc1cccc(Oc2ccccc2)c1)OP(=O)(O)OC[C@H](N)C(=O)O.O=C(O)C(F)(F)F. The number of phosphoric ester groups is 1. The van der Waals surface area contributed by atoms with Gasteiger partial charge in [-0.05, 0) is 54.8 Å². The van der Waals surface area contributed by atoms with Crippen LogP contribution < -0.4 is 15.2 Å². The summed E-state index contributed by atoms with van der Waals surface area (Å²) in [7, 11) is -4.71. The van der Waals surface area contributed by atoms with Gasteiger partial charge in [-0.25, -0.2) is 9.36 Å². The molecule has 0 saturated carbocycles. The monoisotopic (exact) mass is 731 g/mol. The Morgan fingerprint density at radius 1 is 0.900 bits per heavy atom. The Hall–Kier alpha value is -4.51. The first-order valence-electron chi connectivity index (χ1n) is 14.8. The first kappa shape index (κ1) is 41.7. The number of carboxylic acids is 2. The van der Waals surface area contributed by atoms with Crippen molar-refractivity contribution in [3.63, 3.8) is 0 Å². The minimum absolute atomic E-state index is 0.00286. The van der Waals surface area contributed by atoms with Gasteiger partial charge in [0.1, 0.15) is 42.6 Å². The van der Waals surface area contributed by atoms with Crippen molar-refractivity contribution in [1.29, 1.82) is 0 Å². The number of para-hydroxylation sites is 2. The van der Waals surface area contributed by atoms with Gasteiger partial charge >= 0.3 is 31.9 Å². The maximum Gasteiger partial charge on any atom is 0.490 e. The molecule has 3 atom stereocenters. The predicted octanol–water partition coefficient (Wildman–Crippen LogP) is 5.12. The minimum Gasteiger partial charge on any atom is -0.489 e. The molecule has 0 fully saturated rings. The van der Waals surface area contributed by atoms with Crippen molar-refractivity contribution in [2.45, 2.75) is 44.7 Å². The van der Waals surface area contributed by atoms with Gasteiger partial charge < -0.3 is 39.8 Å². The highest BCUT2D eigenvalue weighted by Gasteiger charge is 2.38. The lowest BCUT2D eigenvalue weighted by Gasteiger charge is -2.21. The lowest BCUT2D eigenvalue weighted by molar-refractivity contribution is -0.192. The molecule has 3 aromatic rings. The van der Waals surface area contributed by atoms with Gasteiger partial charge in [0, 0.05) is 13.0 Å². The van der Waals surface area contributed by atoms with Gasteiger partial charge in [0.25, 0.3) is 0 Å². The Morgan fingerprint density at radius 3 is 2.18 bits per heavy atom. The molecule has 18 heteroatoms. The molecule has 0 aliphatic rings. The molecule has 14 nitrogen and oxygen atoms in total. The maximum atomic E-state index is 12.5. The fourth-order valence-electron chi connectivity index (χ4n) is 3.65. The average molecular weight is 732 g/mol. The molecule has 50 heavy (non-hydrogen) atoms. The molecule has 0 amide bonds. The summed E-state index contributed by atoms with van der Waals surface area (Å²) in [5, 5.41) is 15.9. The topological polar surface area (TPSA) is 210 Å². The van der Waals surface area contributed by atoms with E-state index in [1.807, 2.05) is 78.9 Å². The fourth-order valence-corrected chi connectivity index (χ4v) is 4.56. The van der Waals surface area contributed by atoms with Gasteiger partial charge in [-0.15, -0.1) is 0 Å². The van der Waals surface area contributed by atoms with E-state index in [-0.39, 0.29) is 26.2 Å². The summed E-state index contributed by atoms with van der Waals surface area (Å²) >= 11 is 0. The molecular weight excluding hydrogens is 694 g/mol. The van der Waals surface area contributed by atoms with E-state index >= 15 is 0 Å². The zero-order valence-corrected chi connectivity index (χ0v) is 27.6. The van der Waals surface area contributed by atoms with Gasteiger partial charge in [-0.3, -0.25) is 18.6 Å². The quantitative estimate of drug-likeness (QED) is 0.0932. The number of nitrogens with two attached hydrogens (primary N) is 1. The molecule has 0 spiro atoms. The van der Waals surface area contributed by atoms with Crippen LogP contribution in [-0.2, 0) is 50.5 Å². The van der Waals surface area contributed by atoms with E-state index in [0.717, 1.165) is 16.9 Å². The maximum absolute atomic E-state index is 12.5. The van der Waals surface area contributed by atoms with Crippen molar-refractivity contribution in [3.8, 4) is 17.2 Å². The van der Waals surface area contributed by atoms with Crippen LogP contribution in [0.4, 0.5) is 13.2 Å². The lowest BCUT2D eigenvalue weighted by Crippen LogP contribution is -2.35. The summed E-state index contributed by atoms with van der Waals surface area (Å²) in [6.07, 6.45) is -5.90. The van der Waals surface area contributed by atoms with E-state index < -0.39 is 57.3 Å². The van der Waals surface area contributed by atoms with Crippen LogP contribution in [0.3, 0.4) is 0 Å². The first-order chi connectivity index (χ1) is 23.6. The van der Waals surface area contributed by atoms with Crippen LogP contribution in [0.2, 0.25) is 0 Å². The van der Waals surface area contributed by atoms with Crippen LogP contribution in [0.5, 0.6) is 17.2 Å². The minimum atomic E-state index is -5.08. The summed E-state index contributed by atoms with van der Waals surface area (Å²) in [4.78, 5) is 42.1. The molecule has 1 unspecified atom stereocenters. The van der Waals surface area contributed by atoms with Crippen molar-refractivity contribution in [2.24, 2.45) is 5.73 Å². The molecule has 0 saturated heterocycles. The van der Waals surface area contributed by atoms with Crippen LogP contribution in [0.15, 0.2) is 78.9 Å². The van der Waals surface area contributed by atoms with Crippen molar-refractivity contribution >= 4 is 25.7 Å². The normalized spacial score (nSPS) is 13.5. The smallest absolute Gasteiger partial charge is 0.489 e. The summed E-state index contributed by atoms with van der Waals surface area (Å²) in [5.41, 5.74) is 6.98.